The molecule has 13 nitrogen and oxygen atoms in total. The van der Waals surface area contributed by atoms with Crippen molar-refractivity contribution in [2.45, 2.75) is 154 Å². The van der Waals surface area contributed by atoms with Gasteiger partial charge in [0.25, 0.3) is 0 Å². The average Bonchev–Trinajstić information content (AvgIpc) is 3.33. The van der Waals surface area contributed by atoms with Gasteiger partial charge in [-0.15, -0.1) is 0 Å². The zero-order valence-electron chi connectivity index (χ0n) is 31.5. The smallest absolute Gasteiger partial charge is 0.408 e. The minimum Gasteiger partial charge on any atom is -0.458 e. The Bertz CT molecular complexity index is 1120. The first-order valence-electron chi connectivity index (χ1n) is 17.6. The number of aliphatic hydroxyl groups is 1. The van der Waals surface area contributed by atoms with Crippen LogP contribution in [0.5, 0.6) is 0 Å². The maximum atomic E-state index is 14.2. The second kappa shape index (κ2) is 16.0. The lowest BCUT2D eigenvalue weighted by Gasteiger charge is -2.47. The number of nitrogens with zero attached hydrogens (tertiary/aromatic N) is 1. The molecule has 3 fully saturated rings. The van der Waals surface area contributed by atoms with E-state index in [1.165, 1.54) is 6.92 Å². The van der Waals surface area contributed by atoms with Gasteiger partial charge in [-0.2, -0.15) is 0 Å². The Morgan fingerprint density at radius 2 is 1.75 bits per heavy atom. The first-order chi connectivity index (χ1) is 22.2. The SMILES string of the molecule is CC[C@H]1OC(=O)C(C)C(=O)[C@H](C)[C@@H](OC2OC(CNC(C)(C)C)CC(N(C)C)C2O)[C@](C)(OC)C[C@@H](C)CN[C@H](C)[C@H]2NC(=O)O[C@@]21C. The second-order valence-corrected chi connectivity index (χ2v) is 16.0. The Hall–Kier alpha value is -1.87. The van der Waals surface area contributed by atoms with Crippen LogP contribution in [0.2, 0.25) is 0 Å². The van der Waals surface area contributed by atoms with Crippen LogP contribution < -0.4 is 16.0 Å². The largest absolute Gasteiger partial charge is 0.458 e. The first-order valence-corrected chi connectivity index (χ1v) is 17.6. The molecule has 3 aliphatic heterocycles. The van der Waals surface area contributed by atoms with E-state index in [9.17, 15) is 19.5 Å². The summed E-state index contributed by atoms with van der Waals surface area (Å²) < 4.78 is 31.1. The number of carbonyl (C=O) groups excluding carboxylic acids is 3. The van der Waals surface area contributed by atoms with E-state index in [2.05, 4.69) is 43.6 Å². The summed E-state index contributed by atoms with van der Waals surface area (Å²) in [5, 5.41) is 21.5. The summed E-state index contributed by atoms with van der Waals surface area (Å²) in [4.78, 5) is 42.3. The molecule has 13 heteroatoms. The van der Waals surface area contributed by atoms with Crippen molar-refractivity contribution in [3.63, 3.8) is 0 Å². The van der Waals surface area contributed by atoms with Gasteiger partial charge in [0, 0.05) is 37.2 Å². The van der Waals surface area contributed by atoms with Crippen LogP contribution >= 0.6 is 0 Å². The number of alkyl carbamates (subject to hydrolysis) is 1. The molecule has 48 heavy (non-hydrogen) atoms. The predicted octanol–water partition coefficient (Wildman–Crippen LogP) is 2.62. The minimum atomic E-state index is -1.16. The number of hydrogen-bond donors (Lipinski definition) is 4. The van der Waals surface area contributed by atoms with Gasteiger partial charge in [0.2, 0.25) is 0 Å². The number of methoxy groups -OCH3 is 1. The fourth-order valence-electron chi connectivity index (χ4n) is 7.57. The van der Waals surface area contributed by atoms with E-state index in [1.807, 2.05) is 39.8 Å². The number of ether oxygens (including phenoxy) is 5. The molecule has 0 aliphatic carbocycles. The van der Waals surface area contributed by atoms with Crippen molar-refractivity contribution in [2.75, 3.05) is 34.3 Å². The van der Waals surface area contributed by atoms with E-state index >= 15 is 0 Å². The van der Waals surface area contributed by atoms with Gasteiger partial charge in [-0.05, 0) is 94.3 Å². The summed E-state index contributed by atoms with van der Waals surface area (Å²) in [7, 11) is 5.41. The Morgan fingerprint density at radius 3 is 2.31 bits per heavy atom. The molecule has 278 valence electrons. The zero-order chi connectivity index (χ0) is 36.4. The summed E-state index contributed by atoms with van der Waals surface area (Å²) in [6.45, 7) is 20.1. The van der Waals surface area contributed by atoms with Crippen molar-refractivity contribution >= 4 is 17.8 Å². The third-order valence-electron chi connectivity index (χ3n) is 10.6. The Labute approximate surface area is 287 Å². The first kappa shape index (κ1) is 40.6. The number of Topliss-reactive ketones (excluding diaryl/α,β-unsaturated/α-hetero) is 1. The van der Waals surface area contributed by atoms with Crippen molar-refractivity contribution in [1.29, 1.82) is 0 Å². The number of aliphatic hydroxyl groups excluding tert-OH is 1. The zero-order valence-corrected chi connectivity index (χ0v) is 31.5. The molecule has 0 aromatic carbocycles. The molecule has 3 heterocycles. The second-order valence-electron chi connectivity index (χ2n) is 16.0. The molecule has 0 aromatic rings. The number of rotatable bonds is 7. The molecule has 3 saturated heterocycles. The number of cyclic esters (lactones) is 1. The summed E-state index contributed by atoms with van der Waals surface area (Å²) >= 11 is 0. The number of hydrogen-bond acceptors (Lipinski definition) is 12. The van der Waals surface area contributed by atoms with Gasteiger partial charge < -0.3 is 49.6 Å². The normalized spacial score (nSPS) is 42.3. The quantitative estimate of drug-likeness (QED) is 0.230. The fourth-order valence-corrected chi connectivity index (χ4v) is 7.57. The van der Waals surface area contributed by atoms with Crippen LogP contribution in [0.25, 0.3) is 0 Å². The van der Waals surface area contributed by atoms with Crippen LogP contribution in [0.15, 0.2) is 0 Å². The van der Waals surface area contributed by atoms with Crippen LogP contribution in [-0.2, 0) is 33.3 Å². The highest BCUT2D eigenvalue weighted by Gasteiger charge is 2.55. The summed E-state index contributed by atoms with van der Waals surface area (Å²) in [6.07, 6.45) is -3.17. The van der Waals surface area contributed by atoms with Gasteiger partial charge in [0.05, 0.1) is 23.9 Å². The summed E-state index contributed by atoms with van der Waals surface area (Å²) in [5.74, 6) is -3.08. The van der Waals surface area contributed by atoms with Crippen LogP contribution in [0.3, 0.4) is 0 Å². The Kier molecular flexibility index (Phi) is 13.5. The molecule has 13 atom stereocenters. The van der Waals surface area contributed by atoms with Gasteiger partial charge in [-0.25, -0.2) is 4.79 Å². The average molecular weight is 685 g/mol. The summed E-state index contributed by atoms with van der Waals surface area (Å²) in [6, 6.07) is -0.996. The van der Waals surface area contributed by atoms with E-state index in [1.54, 1.807) is 21.0 Å². The van der Waals surface area contributed by atoms with E-state index in [0.29, 0.717) is 32.4 Å². The topological polar surface area (TPSA) is 157 Å². The highest BCUT2D eigenvalue weighted by molar-refractivity contribution is 6.00. The number of carbonyl (C=O) groups is 3. The maximum absolute atomic E-state index is 14.2. The van der Waals surface area contributed by atoms with Gasteiger partial charge in [-0.1, -0.05) is 20.8 Å². The van der Waals surface area contributed by atoms with E-state index in [4.69, 9.17) is 23.7 Å². The van der Waals surface area contributed by atoms with Crippen molar-refractivity contribution in [2.24, 2.45) is 17.8 Å². The van der Waals surface area contributed by atoms with E-state index < -0.39 is 65.7 Å². The number of fused-ring (bicyclic) bond motifs is 1. The number of amides is 1. The molecule has 5 unspecified atom stereocenters. The van der Waals surface area contributed by atoms with Gasteiger partial charge in [-0.3, -0.25) is 9.59 Å². The number of likely N-dealkylation sites (N-methyl/N-ethyl adjacent to an activating group) is 1. The molecule has 4 N–H and O–H groups in total. The number of esters is 1. The summed E-state index contributed by atoms with van der Waals surface area (Å²) in [5.41, 5.74) is -2.32. The number of nitrogens with one attached hydrogen (secondary N) is 3. The molecule has 3 rings (SSSR count). The molecule has 1 amide bonds. The van der Waals surface area contributed by atoms with Crippen LogP contribution in [0, 0.1) is 17.8 Å². The minimum absolute atomic E-state index is 0.0212. The molecule has 0 radical (unpaired) electrons. The van der Waals surface area contributed by atoms with Crippen molar-refractivity contribution in [3.8, 4) is 0 Å². The monoisotopic (exact) mass is 684 g/mol. The third kappa shape index (κ3) is 9.26. The highest BCUT2D eigenvalue weighted by atomic mass is 16.7. The molecular weight excluding hydrogens is 620 g/mol. The molecule has 3 aliphatic rings. The Balaban J connectivity index is 2.02. The maximum Gasteiger partial charge on any atom is 0.408 e. The lowest BCUT2D eigenvalue weighted by molar-refractivity contribution is -0.297. The van der Waals surface area contributed by atoms with Gasteiger partial charge in [0.1, 0.15) is 18.1 Å². The van der Waals surface area contributed by atoms with E-state index in [0.717, 1.165) is 0 Å². The van der Waals surface area contributed by atoms with Crippen LogP contribution in [0.4, 0.5) is 4.79 Å². The highest BCUT2D eigenvalue weighted by Crippen LogP contribution is 2.37. The van der Waals surface area contributed by atoms with E-state index in [-0.39, 0.29) is 35.4 Å². The molecule has 0 bridgehead atoms. The molecule has 0 aromatic heterocycles. The van der Waals surface area contributed by atoms with Gasteiger partial charge in [0.15, 0.2) is 17.7 Å². The van der Waals surface area contributed by atoms with Crippen molar-refractivity contribution in [1.82, 2.24) is 20.9 Å². The lowest BCUT2D eigenvalue weighted by Crippen LogP contribution is -2.60. The fraction of sp³-hybridized carbons (Fsp3) is 0.914. The standard InChI is InChI=1S/C35H64N4O9/c1-14-25-35(10)28(38-32(43)48-35)22(5)36-17-19(2)16-34(9,44-13)29(20(3)26(40)21(4)30(42)46-25)47-31-27(41)24(39(11)12)15-23(45-31)18-37-33(6,7)8/h19-25,27-29,31,36-37,41H,14-18H2,1-13H3,(H,38,43)/t19-,20+,21?,22-,23?,24?,25-,27?,28-,29-,31?,34-,35-/m1/s1. The molecule has 0 spiro atoms. The molecule has 0 saturated carbocycles. The van der Waals surface area contributed by atoms with Crippen molar-refractivity contribution in [3.05, 3.63) is 0 Å². The third-order valence-corrected chi connectivity index (χ3v) is 10.6. The predicted molar refractivity (Wildman–Crippen MR) is 181 cm³/mol. The van der Waals surface area contributed by atoms with Crippen LogP contribution in [0.1, 0.15) is 88.5 Å². The van der Waals surface area contributed by atoms with Crippen LogP contribution in [-0.4, -0.2) is 128 Å². The van der Waals surface area contributed by atoms with Crippen molar-refractivity contribution < 1.29 is 43.2 Å². The lowest BCUT2D eigenvalue weighted by atomic mass is 9.78. The Morgan fingerprint density at radius 1 is 1.10 bits per heavy atom. The molecular formula is C35H64N4O9. The number of ketones is 1. The van der Waals surface area contributed by atoms with Gasteiger partial charge >= 0.3 is 12.1 Å².